The summed E-state index contributed by atoms with van der Waals surface area (Å²) >= 11 is 3.65. The van der Waals surface area contributed by atoms with Crippen LogP contribution in [0.25, 0.3) is 0 Å². The number of carbonyl (C=O) groups is 3. The molecule has 1 atom stereocenters. The zero-order valence-corrected chi connectivity index (χ0v) is 23.8. The molecule has 0 aliphatic heterocycles. The Morgan fingerprint density at radius 1 is 1.03 bits per heavy atom. The molecule has 8 nitrogen and oxygen atoms in total. The van der Waals surface area contributed by atoms with Crippen molar-refractivity contribution in [1.29, 1.82) is 0 Å². The molecule has 0 rings (SSSR count). The van der Waals surface area contributed by atoms with E-state index < -0.39 is 26.5 Å². The Bertz CT molecular complexity index is 696. The molecule has 3 N–H and O–H groups in total. The number of esters is 1. The molecule has 0 fully saturated rings. The van der Waals surface area contributed by atoms with Gasteiger partial charge in [-0.15, -0.1) is 0 Å². The van der Waals surface area contributed by atoms with E-state index >= 15 is 0 Å². The average molecular weight is 539 g/mol. The van der Waals surface area contributed by atoms with Gasteiger partial charge in [-0.05, 0) is 44.9 Å². The fourth-order valence-electron chi connectivity index (χ4n) is 3.83. The van der Waals surface area contributed by atoms with Gasteiger partial charge >= 0.3 is 11.9 Å². The monoisotopic (exact) mass is 537 g/mol. The van der Waals surface area contributed by atoms with Gasteiger partial charge in [-0.2, -0.15) is 0 Å². The highest BCUT2D eigenvalue weighted by Crippen LogP contribution is 2.55. The minimum absolute atomic E-state index is 0.0540. The summed E-state index contributed by atoms with van der Waals surface area (Å²) in [7, 11) is 3.56. The highest BCUT2D eigenvalue weighted by atomic mass is 79.9. The van der Waals surface area contributed by atoms with Gasteiger partial charge in [0.15, 0.2) is 6.54 Å². The van der Waals surface area contributed by atoms with E-state index in [2.05, 4.69) is 35.1 Å². The van der Waals surface area contributed by atoms with Gasteiger partial charge in [0.25, 0.3) is 0 Å². The zero-order chi connectivity index (χ0) is 26.5. The Balaban J connectivity index is 5.57. The lowest BCUT2D eigenvalue weighted by Gasteiger charge is -2.52. The number of alkyl halides is 1. The van der Waals surface area contributed by atoms with Crippen LogP contribution >= 0.6 is 15.9 Å². The molecule has 0 aromatic carbocycles. The van der Waals surface area contributed by atoms with Crippen molar-refractivity contribution in [3.05, 3.63) is 0 Å². The molecular formula is C24H46BrN2O6+. The van der Waals surface area contributed by atoms with E-state index in [4.69, 9.17) is 14.9 Å². The van der Waals surface area contributed by atoms with Crippen molar-refractivity contribution in [2.75, 3.05) is 46.9 Å². The van der Waals surface area contributed by atoms with E-state index in [9.17, 15) is 14.4 Å². The van der Waals surface area contributed by atoms with Gasteiger partial charge < -0.3 is 24.7 Å². The number of ether oxygens (including phenoxy) is 1. The second-order valence-electron chi connectivity index (χ2n) is 11.8. The normalized spacial score (nSPS) is 14.5. The average Bonchev–Trinajstić information content (AvgIpc) is 2.61. The number of hydrogen-bond acceptors (Lipinski definition) is 5. The van der Waals surface area contributed by atoms with E-state index in [1.807, 2.05) is 41.5 Å². The maximum absolute atomic E-state index is 13.2. The molecule has 0 radical (unpaired) electrons. The number of carboxylic acids is 1. The Morgan fingerprint density at radius 2 is 1.55 bits per heavy atom. The van der Waals surface area contributed by atoms with Crippen LogP contribution in [0.2, 0.25) is 0 Å². The maximum Gasteiger partial charge on any atom is 0.359 e. The molecule has 0 aromatic rings. The fraction of sp³-hybridized carbons (Fsp3) is 0.875. The lowest BCUT2D eigenvalue weighted by atomic mass is 9.52. The number of carboxylic acid groups (broad SMARTS) is 1. The molecule has 0 aliphatic carbocycles. The van der Waals surface area contributed by atoms with Crippen LogP contribution in [0, 0.1) is 22.2 Å². The molecule has 0 bridgehead atoms. The Kier molecular flexibility index (Phi) is 11.1. The van der Waals surface area contributed by atoms with Crippen molar-refractivity contribution >= 4 is 33.8 Å². The van der Waals surface area contributed by atoms with E-state index in [0.717, 1.165) is 0 Å². The molecule has 33 heavy (non-hydrogen) atoms. The number of likely N-dealkylation sites (N-methyl/N-ethyl adjacent to an activating group) is 1. The number of nitrogens with zero attached hydrogens (tertiary/aromatic N) is 1. The summed E-state index contributed by atoms with van der Waals surface area (Å²) in [6.45, 7) is 16.3. The number of carbonyl (C=O) groups excluding carboxylic acids is 2. The van der Waals surface area contributed by atoms with Crippen LogP contribution in [-0.4, -0.2) is 83.8 Å². The maximum atomic E-state index is 13.2. The minimum atomic E-state index is -0.901. The fourth-order valence-corrected chi connectivity index (χ4v) is 4.20. The summed E-state index contributed by atoms with van der Waals surface area (Å²) in [6.07, 6.45) is 0.509. The third-order valence-electron chi connectivity index (χ3n) is 7.53. The summed E-state index contributed by atoms with van der Waals surface area (Å²) < 4.78 is 5.34. The Hall–Kier alpha value is -1.19. The number of amides is 1. The second-order valence-corrected chi connectivity index (χ2v) is 13.9. The first kappa shape index (κ1) is 31.8. The number of aliphatic hydroxyl groups is 1. The van der Waals surface area contributed by atoms with Crippen molar-refractivity contribution in [2.24, 2.45) is 22.2 Å². The molecule has 0 aliphatic rings. The third-order valence-corrected chi connectivity index (χ3v) is 8.08. The van der Waals surface area contributed by atoms with Crippen LogP contribution in [0.1, 0.15) is 61.8 Å². The first-order chi connectivity index (χ1) is 14.6. The number of rotatable bonds is 14. The van der Waals surface area contributed by atoms with E-state index in [1.165, 1.54) is 0 Å². The van der Waals surface area contributed by atoms with Gasteiger partial charge in [0.2, 0.25) is 5.91 Å². The molecule has 0 spiro atoms. The lowest BCUT2D eigenvalue weighted by Crippen LogP contribution is -2.53. The lowest BCUT2D eigenvalue weighted by molar-refractivity contribution is -0.883. The molecule has 1 unspecified atom stereocenters. The summed E-state index contributed by atoms with van der Waals surface area (Å²) in [5.74, 6) is -1.79. The van der Waals surface area contributed by atoms with Crippen LogP contribution in [0.4, 0.5) is 0 Å². The van der Waals surface area contributed by atoms with Gasteiger partial charge in [0.05, 0.1) is 32.0 Å². The topological polar surface area (TPSA) is 113 Å². The van der Waals surface area contributed by atoms with E-state index in [1.54, 1.807) is 14.1 Å². The Labute approximate surface area is 208 Å². The van der Waals surface area contributed by atoms with Crippen molar-refractivity contribution in [3.8, 4) is 0 Å². The molecule has 0 heterocycles. The predicted octanol–water partition coefficient (Wildman–Crippen LogP) is 3.06. The molecule has 1 amide bonds. The Morgan fingerprint density at radius 3 is 1.97 bits per heavy atom. The van der Waals surface area contributed by atoms with Crippen LogP contribution < -0.4 is 5.32 Å². The van der Waals surface area contributed by atoms with Gasteiger partial charge in [0, 0.05) is 10.9 Å². The number of halogens is 1. The van der Waals surface area contributed by atoms with Crippen LogP contribution in [-0.2, 0) is 19.1 Å². The van der Waals surface area contributed by atoms with Crippen molar-refractivity contribution in [2.45, 2.75) is 66.1 Å². The van der Waals surface area contributed by atoms with Gasteiger partial charge in [0.1, 0.15) is 13.2 Å². The second kappa shape index (κ2) is 11.5. The van der Waals surface area contributed by atoms with Crippen molar-refractivity contribution in [1.82, 2.24) is 5.32 Å². The molecular weight excluding hydrogens is 492 g/mol. The van der Waals surface area contributed by atoms with Crippen molar-refractivity contribution < 1.29 is 33.8 Å². The first-order valence-corrected chi connectivity index (χ1v) is 12.2. The molecule has 9 heteroatoms. The number of nitrogens with one attached hydrogen (secondary N) is 1. The van der Waals surface area contributed by atoms with E-state index in [-0.39, 0.29) is 48.6 Å². The standard InChI is InChI=1S/C24H45BrN2O6/c1-21(2,15-17(23(5,6)25)19(31)26-11-13-28)24(7,8)22(3,4)20(32)33-14-12-27(9,10)16-18(29)30/h17,28H,11-16H2,1-10H3,(H-,26,29,30,31)/p+1. The number of quaternary nitrogens is 1. The summed E-state index contributed by atoms with van der Waals surface area (Å²) in [4.78, 5) is 37.0. The van der Waals surface area contributed by atoms with Crippen LogP contribution in [0.15, 0.2) is 0 Å². The van der Waals surface area contributed by atoms with Gasteiger partial charge in [-0.3, -0.25) is 9.59 Å². The number of aliphatic carboxylic acids is 1. The highest BCUT2D eigenvalue weighted by molar-refractivity contribution is 9.10. The van der Waals surface area contributed by atoms with Gasteiger partial charge in [-0.1, -0.05) is 43.6 Å². The molecule has 0 saturated heterocycles. The molecule has 0 saturated carbocycles. The zero-order valence-electron chi connectivity index (χ0n) is 22.2. The van der Waals surface area contributed by atoms with Crippen molar-refractivity contribution in [3.63, 3.8) is 0 Å². The largest absolute Gasteiger partial charge is 0.477 e. The summed E-state index contributed by atoms with van der Waals surface area (Å²) in [6, 6.07) is 0. The smallest absolute Gasteiger partial charge is 0.359 e. The van der Waals surface area contributed by atoms with Crippen LogP contribution in [0.3, 0.4) is 0 Å². The highest BCUT2D eigenvalue weighted by Gasteiger charge is 2.54. The quantitative estimate of drug-likeness (QED) is 0.178. The summed E-state index contributed by atoms with van der Waals surface area (Å²) in [5.41, 5.74) is -1.88. The summed E-state index contributed by atoms with van der Waals surface area (Å²) in [5, 5.41) is 20.9. The van der Waals surface area contributed by atoms with Crippen LogP contribution in [0.5, 0.6) is 0 Å². The first-order valence-electron chi connectivity index (χ1n) is 11.4. The number of aliphatic hydroxyl groups excluding tert-OH is 1. The SMILES string of the molecule is CC(C)(Br)C(CC(C)(C)C(C)(C)C(C)(C)C(=O)OCC[N+](C)(C)CC(=O)O)C(=O)NCCO. The molecule has 194 valence electrons. The third kappa shape index (κ3) is 8.83. The molecule has 0 aromatic heterocycles. The number of hydrogen-bond donors (Lipinski definition) is 3. The van der Waals surface area contributed by atoms with E-state index in [0.29, 0.717) is 13.0 Å². The van der Waals surface area contributed by atoms with Gasteiger partial charge in [-0.25, -0.2) is 4.79 Å². The minimum Gasteiger partial charge on any atom is -0.477 e. The predicted molar refractivity (Wildman–Crippen MR) is 133 cm³/mol.